The van der Waals surface area contributed by atoms with Gasteiger partial charge < -0.3 is 29.2 Å². The quantitative estimate of drug-likeness (QED) is 0.406. The number of carbonyl (C=O) groups excluding carboxylic acids is 2. The zero-order chi connectivity index (χ0) is 29.5. The molecule has 11 heteroatoms. The average molecular weight is 571 g/mol. The number of nitrogens with zero attached hydrogens (tertiary/aromatic N) is 2. The summed E-state index contributed by atoms with van der Waals surface area (Å²) < 4.78 is 40.5. The topological polar surface area (TPSA) is 106 Å². The molecule has 1 aliphatic heterocycles. The Kier molecular flexibility index (Phi) is 7.67. The van der Waals surface area contributed by atoms with Crippen molar-refractivity contribution in [2.24, 2.45) is 5.92 Å². The van der Waals surface area contributed by atoms with Gasteiger partial charge in [0.05, 0.1) is 24.8 Å². The fourth-order valence-electron chi connectivity index (χ4n) is 6.56. The number of para-hydroxylation sites is 1. The number of hydrogen-bond acceptors (Lipinski definition) is 5. The van der Waals surface area contributed by atoms with Crippen LogP contribution in [0.5, 0.6) is 5.75 Å². The van der Waals surface area contributed by atoms with Gasteiger partial charge in [-0.25, -0.2) is 0 Å². The first-order valence-electron chi connectivity index (χ1n) is 13.9. The van der Waals surface area contributed by atoms with Gasteiger partial charge >= 0.3 is 5.92 Å². The van der Waals surface area contributed by atoms with Gasteiger partial charge in [0.15, 0.2) is 0 Å². The Balaban J connectivity index is 1.40. The number of methoxy groups -OCH3 is 2. The van der Waals surface area contributed by atoms with Gasteiger partial charge in [0, 0.05) is 48.0 Å². The van der Waals surface area contributed by atoms with Crippen LogP contribution in [-0.4, -0.2) is 66.1 Å². The fourth-order valence-corrected chi connectivity index (χ4v) is 6.56. The maximum Gasteiger partial charge on any atom is 0.347 e. The smallest absolute Gasteiger partial charge is 0.347 e. The number of amides is 2. The second kappa shape index (κ2) is 10.9. The monoisotopic (exact) mass is 570 g/mol. The van der Waals surface area contributed by atoms with Crippen molar-refractivity contribution >= 4 is 22.7 Å². The van der Waals surface area contributed by atoms with Crippen LogP contribution in [0.2, 0.25) is 0 Å². The Labute approximate surface area is 236 Å². The van der Waals surface area contributed by atoms with Gasteiger partial charge in [-0.3, -0.25) is 14.4 Å². The highest BCUT2D eigenvalue weighted by molar-refractivity contribution is 6.08. The average Bonchev–Trinajstić information content (AvgIpc) is 3.68. The molecule has 2 aliphatic rings. The second-order valence-corrected chi connectivity index (χ2v) is 11.1. The standard InChI is InChI=1S/C30H36F2N4O5/c1-18-15-24(41-4)22(26(37)34-18)16-33-27(38)25-19(2)36(23-8-6-5-7-21(23)25)29(11-12-29)20-9-13-35(14-10-20)28(39)30(31,32)17-40-3/h5-8,15,20H,9-14,16-17H2,1-4H3,(H,33,38)(H,34,37). The highest BCUT2D eigenvalue weighted by Crippen LogP contribution is 2.55. The molecule has 0 atom stereocenters. The number of likely N-dealkylation sites (tertiary alicyclic amines) is 1. The largest absolute Gasteiger partial charge is 0.496 e. The van der Waals surface area contributed by atoms with E-state index in [1.807, 2.05) is 31.2 Å². The Morgan fingerprint density at radius 2 is 1.83 bits per heavy atom. The Morgan fingerprint density at radius 3 is 2.46 bits per heavy atom. The zero-order valence-electron chi connectivity index (χ0n) is 23.8. The second-order valence-electron chi connectivity index (χ2n) is 11.1. The lowest BCUT2D eigenvalue weighted by atomic mass is 9.86. The molecule has 9 nitrogen and oxygen atoms in total. The lowest BCUT2D eigenvalue weighted by Gasteiger charge is -2.39. The van der Waals surface area contributed by atoms with Gasteiger partial charge in [-0.15, -0.1) is 0 Å². The van der Waals surface area contributed by atoms with Crippen molar-refractivity contribution < 1.29 is 27.8 Å². The van der Waals surface area contributed by atoms with Crippen molar-refractivity contribution in [2.75, 3.05) is 33.9 Å². The fraction of sp³-hybridized carbons (Fsp3) is 0.500. The van der Waals surface area contributed by atoms with Crippen LogP contribution >= 0.6 is 0 Å². The van der Waals surface area contributed by atoms with E-state index in [0.29, 0.717) is 35.4 Å². The maximum absolute atomic E-state index is 14.2. The van der Waals surface area contributed by atoms with E-state index >= 15 is 0 Å². The molecule has 2 N–H and O–H groups in total. The van der Waals surface area contributed by atoms with E-state index in [2.05, 4.69) is 19.6 Å². The van der Waals surface area contributed by atoms with Gasteiger partial charge in [0.25, 0.3) is 17.4 Å². The summed E-state index contributed by atoms with van der Waals surface area (Å²) >= 11 is 0. The van der Waals surface area contributed by atoms with Crippen molar-refractivity contribution in [3.8, 4) is 5.75 Å². The molecule has 3 heterocycles. The lowest BCUT2D eigenvalue weighted by molar-refractivity contribution is -0.166. The molecule has 0 spiro atoms. The Hall–Kier alpha value is -3.73. The first-order chi connectivity index (χ1) is 19.5. The zero-order valence-corrected chi connectivity index (χ0v) is 23.8. The third-order valence-electron chi connectivity index (χ3n) is 8.60. The molecule has 3 aromatic rings. The molecule has 2 amide bonds. The molecule has 1 aromatic carbocycles. The predicted octanol–water partition coefficient (Wildman–Crippen LogP) is 3.89. The summed E-state index contributed by atoms with van der Waals surface area (Å²) in [5.41, 5.74) is 2.73. The first-order valence-corrected chi connectivity index (χ1v) is 13.9. The number of pyridine rings is 1. The van der Waals surface area contributed by atoms with E-state index in [1.54, 1.807) is 13.0 Å². The van der Waals surface area contributed by atoms with Crippen LogP contribution in [0, 0.1) is 19.8 Å². The SMILES string of the molecule is COCC(F)(F)C(=O)N1CCC(C2(n3c(C)c(C(=O)NCc4c(OC)cc(C)[nH]c4=O)c4ccccc43)CC2)CC1. The summed E-state index contributed by atoms with van der Waals surface area (Å²) in [5.74, 6) is -4.44. The van der Waals surface area contributed by atoms with Crippen LogP contribution in [0.15, 0.2) is 35.1 Å². The molecular formula is C30H36F2N4O5. The number of benzene rings is 1. The van der Waals surface area contributed by atoms with E-state index in [0.717, 1.165) is 36.5 Å². The number of nitrogens with one attached hydrogen (secondary N) is 2. The van der Waals surface area contributed by atoms with Crippen molar-refractivity contribution in [1.82, 2.24) is 19.8 Å². The van der Waals surface area contributed by atoms with Gasteiger partial charge in [-0.1, -0.05) is 18.2 Å². The summed E-state index contributed by atoms with van der Waals surface area (Å²) in [6.07, 6.45) is 3.00. The van der Waals surface area contributed by atoms with Crippen LogP contribution in [0.3, 0.4) is 0 Å². The number of aromatic amines is 1. The number of piperidine rings is 1. The molecule has 0 unspecified atom stereocenters. The molecule has 41 heavy (non-hydrogen) atoms. The van der Waals surface area contributed by atoms with E-state index in [-0.39, 0.29) is 42.6 Å². The van der Waals surface area contributed by atoms with Crippen LogP contribution in [0.4, 0.5) is 8.78 Å². The minimum absolute atomic E-state index is 0.00189. The normalized spacial score (nSPS) is 17.1. The molecular weight excluding hydrogens is 534 g/mol. The van der Waals surface area contributed by atoms with Crippen LogP contribution in [0.1, 0.15) is 53.0 Å². The van der Waals surface area contributed by atoms with E-state index in [9.17, 15) is 23.2 Å². The Bertz CT molecular complexity index is 1530. The number of aromatic nitrogens is 2. The minimum atomic E-state index is -3.54. The summed E-state index contributed by atoms with van der Waals surface area (Å²) in [6.45, 7) is 3.27. The first kappa shape index (κ1) is 28.8. The Morgan fingerprint density at radius 1 is 1.15 bits per heavy atom. The maximum atomic E-state index is 14.2. The minimum Gasteiger partial charge on any atom is -0.496 e. The highest BCUT2D eigenvalue weighted by Gasteiger charge is 2.54. The summed E-state index contributed by atoms with van der Waals surface area (Å²) in [7, 11) is 2.64. The number of rotatable bonds is 9. The number of ether oxygens (including phenoxy) is 2. The number of fused-ring (bicyclic) bond motifs is 1. The summed E-state index contributed by atoms with van der Waals surface area (Å²) in [4.78, 5) is 42.6. The van der Waals surface area contributed by atoms with Gasteiger partial charge in [0.2, 0.25) is 0 Å². The van der Waals surface area contributed by atoms with Crippen LogP contribution < -0.4 is 15.6 Å². The molecule has 1 aliphatic carbocycles. The van der Waals surface area contributed by atoms with Crippen molar-refractivity contribution in [1.29, 1.82) is 0 Å². The van der Waals surface area contributed by atoms with Crippen molar-refractivity contribution in [2.45, 2.75) is 57.5 Å². The van der Waals surface area contributed by atoms with Crippen molar-refractivity contribution in [3.05, 3.63) is 63.2 Å². The molecule has 0 bridgehead atoms. The summed E-state index contributed by atoms with van der Waals surface area (Å²) in [5, 5.41) is 3.72. The molecule has 220 valence electrons. The van der Waals surface area contributed by atoms with Crippen LogP contribution in [0.25, 0.3) is 10.9 Å². The van der Waals surface area contributed by atoms with E-state index in [4.69, 9.17) is 4.74 Å². The molecule has 0 radical (unpaired) electrons. The molecule has 1 saturated heterocycles. The number of aryl methyl sites for hydroxylation is 1. The molecule has 2 aromatic heterocycles. The van der Waals surface area contributed by atoms with Gasteiger partial charge in [-0.05, 0) is 57.6 Å². The summed E-state index contributed by atoms with van der Waals surface area (Å²) in [6, 6.07) is 9.46. The molecule has 1 saturated carbocycles. The number of hydrogen-bond donors (Lipinski definition) is 2. The number of H-pyrrole nitrogens is 1. The molecule has 2 fully saturated rings. The van der Waals surface area contributed by atoms with Gasteiger partial charge in [0.1, 0.15) is 12.4 Å². The predicted molar refractivity (Wildman–Crippen MR) is 150 cm³/mol. The van der Waals surface area contributed by atoms with E-state index in [1.165, 1.54) is 12.0 Å². The van der Waals surface area contributed by atoms with E-state index < -0.39 is 18.4 Å². The number of alkyl halides is 2. The lowest BCUT2D eigenvalue weighted by Crippen LogP contribution is -2.50. The number of carbonyl (C=O) groups is 2. The van der Waals surface area contributed by atoms with Crippen LogP contribution in [-0.2, 0) is 21.6 Å². The number of halogens is 2. The van der Waals surface area contributed by atoms with Crippen molar-refractivity contribution in [3.63, 3.8) is 0 Å². The van der Waals surface area contributed by atoms with Gasteiger partial charge in [-0.2, -0.15) is 8.78 Å². The highest BCUT2D eigenvalue weighted by atomic mass is 19.3. The third-order valence-corrected chi connectivity index (χ3v) is 8.60. The third kappa shape index (κ3) is 5.11. The molecule has 5 rings (SSSR count).